The van der Waals surface area contributed by atoms with Crippen molar-refractivity contribution in [2.24, 2.45) is 0 Å². The van der Waals surface area contributed by atoms with Crippen molar-refractivity contribution >= 4 is 0 Å². The second-order valence-electron chi connectivity index (χ2n) is 3.90. The fourth-order valence-electron chi connectivity index (χ4n) is 1.87. The molecule has 4 nitrogen and oxygen atoms in total. The second-order valence-corrected chi connectivity index (χ2v) is 3.90. The Morgan fingerprint density at radius 2 is 2.16 bits per heavy atom. The lowest BCUT2D eigenvalue weighted by molar-refractivity contribution is 0.219. The highest BCUT2D eigenvalue weighted by molar-refractivity contribution is 5.54. The first-order valence-corrected chi connectivity index (χ1v) is 5.72. The molecule has 0 heterocycles. The molecule has 1 atom stereocenters. The van der Waals surface area contributed by atoms with Gasteiger partial charge in [0.25, 0.3) is 0 Å². The van der Waals surface area contributed by atoms with Crippen LogP contribution in [0, 0.1) is 11.3 Å². The maximum Gasteiger partial charge on any atom is 0.164 e. The zero-order chi connectivity index (χ0) is 14.4. The lowest BCUT2D eigenvalue weighted by atomic mass is 9.95. The van der Waals surface area contributed by atoms with Crippen molar-refractivity contribution in [1.29, 1.82) is 5.26 Å². The van der Waals surface area contributed by atoms with E-state index in [0.717, 1.165) is 5.56 Å². The summed E-state index contributed by atoms with van der Waals surface area (Å²) in [6.45, 7) is 7.23. The predicted molar refractivity (Wildman–Crippen MR) is 73.2 cm³/mol. The molecule has 0 aliphatic rings. The Balaban J connectivity index is 3.44. The molecule has 0 aliphatic heterocycles. The molecule has 19 heavy (non-hydrogen) atoms. The summed E-state index contributed by atoms with van der Waals surface area (Å²) in [6, 6.07) is 5.25. The first kappa shape index (κ1) is 14.8. The Bertz CT molecular complexity index is 529. The van der Waals surface area contributed by atoms with Crippen LogP contribution >= 0.6 is 0 Å². The van der Waals surface area contributed by atoms with E-state index in [4.69, 9.17) is 14.7 Å². The van der Waals surface area contributed by atoms with E-state index in [2.05, 4.69) is 13.2 Å². The van der Waals surface area contributed by atoms with Crippen LogP contribution < -0.4 is 9.47 Å². The van der Waals surface area contributed by atoms with Gasteiger partial charge in [0.15, 0.2) is 11.5 Å². The van der Waals surface area contributed by atoms with Crippen LogP contribution in [0.3, 0.4) is 0 Å². The zero-order valence-corrected chi connectivity index (χ0v) is 11.1. The molecule has 1 aromatic rings. The summed E-state index contributed by atoms with van der Waals surface area (Å²) in [7, 11) is 3.07. The normalized spacial score (nSPS) is 11.3. The van der Waals surface area contributed by atoms with Gasteiger partial charge in [-0.2, -0.15) is 5.26 Å². The van der Waals surface area contributed by atoms with E-state index in [1.807, 2.05) is 6.07 Å². The number of hydrogen-bond donors (Lipinski definition) is 1. The molecule has 0 saturated carbocycles. The summed E-state index contributed by atoms with van der Waals surface area (Å²) >= 11 is 0. The minimum atomic E-state index is -1.06. The van der Waals surface area contributed by atoms with Crippen molar-refractivity contribution in [2.45, 2.75) is 12.5 Å². The SMILES string of the molecule is C=CCc1c(C(O)C(=C)C#N)ccc(OC)c1OC. The molecule has 0 amide bonds. The molecule has 1 N–H and O–H groups in total. The van der Waals surface area contributed by atoms with Crippen molar-refractivity contribution < 1.29 is 14.6 Å². The van der Waals surface area contributed by atoms with E-state index >= 15 is 0 Å². The average Bonchev–Trinajstić information content (AvgIpc) is 2.45. The number of benzene rings is 1. The molecule has 4 heteroatoms. The van der Waals surface area contributed by atoms with Gasteiger partial charge in [0.2, 0.25) is 0 Å². The van der Waals surface area contributed by atoms with Crippen molar-refractivity contribution in [3.8, 4) is 17.6 Å². The van der Waals surface area contributed by atoms with Gasteiger partial charge in [-0.05, 0) is 18.1 Å². The number of hydrogen-bond acceptors (Lipinski definition) is 4. The highest BCUT2D eigenvalue weighted by atomic mass is 16.5. The van der Waals surface area contributed by atoms with Crippen LogP contribution in [0.25, 0.3) is 0 Å². The summed E-state index contributed by atoms with van der Waals surface area (Å²) in [4.78, 5) is 0. The van der Waals surface area contributed by atoms with E-state index in [9.17, 15) is 5.11 Å². The largest absolute Gasteiger partial charge is 0.493 e. The Hall–Kier alpha value is -2.25. The third-order valence-corrected chi connectivity index (χ3v) is 2.80. The van der Waals surface area contributed by atoms with Gasteiger partial charge in [-0.25, -0.2) is 0 Å². The summed E-state index contributed by atoms with van der Waals surface area (Å²) in [5.41, 5.74) is 1.39. The van der Waals surface area contributed by atoms with Crippen molar-refractivity contribution in [2.75, 3.05) is 14.2 Å². The fraction of sp³-hybridized carbons (Fsp3) is 0.267. The van der Waals surface area contributed by atoms with Crippen LogP contribution in [0.5, 0.6) is 11.5 Å². The summed E-state index contributed by atoms with van der Waals surface area (Å²) in [6.07, 6.45) is 1.13. The first-order chi connectivity index (χ1) is 9.10. The predicted octanol–water partition coefficient (Wildman–Crippen LogP) is 2.55. The number of nitriles is 1. The first-order valence-electron chi connectivity index (χ1n) is 5.72. The van der Waals surface area contributed by atoms with E-state index < -0.39 is 6.10 Å². The number of allylic oxidation sites excluding steroid dienone is 1. The number of ether oxygens (including phenoxy) is 2. The summed E-state index contributed by atoms with van der Waals surface area (Å²) < 4.78 is 10.5. The highest BCUT2D eigenvalue weighted by Crippen LogP contribution is 2.37. The molecule has 0 spiro atoms. The minimum absolute atomic E-state index is 0.0810. The maximum absolute atomic E-state index is 10.1. The van der Waals surface area contributed by atoms with Crippen LogP contribution in [-0.4, -0.2) is 19.3 Å². The molecule has 0 aliphatic carbocycles. The van der Waals surface area contributed by atoms with Crippen molar-refractivity contribution in [3.63, 3.8) is 0 Å². The molecule has 100 valence electrons. The third-order valence-electron chi connectivity index (χ3n) is 2.80. The Morgan fingerprint density at radius 1 is 1.47 bits per heavy atom. The molecule has 0 radical (unpaired) electrons. The lowest BCUT2D eigenvalue weighted by Crippen LogP contribution is -2.06. The monoisotopic (exact) mass is 259 g/mol. The average molecular weight is 259 g/mol. The smallest absolute Gasteiger partial charge is 0.164 e. The van der Waals surface area contributed by atoms with Gasteiger partial charge >= 0.3 is 0 Å². The second kappa shape index (κ2) is 6.62. The number of methoxy groups -OCH3 is 2. The van der Waals surface area contributed by atoms with Crippen LogP contribution in [0.2, 0.25) is 0 Å². The molecular weight excluding hydrogens is 242 g/mol. The minimum Gasteiger partial charge on any atom is -0.493 e. The van der Waals surface area contributed by atoms with Gasteiger partial charge in [-0.1, -0.05) is 18.7 Å². The number of nitrogens with zero attached hydrogens (tertiary/aromatic N) is 1. The molecule has 0 bridgehead atoms. The quantitative estimate of drug-likeness (QED) is 0.630. The van der Waals surface area contributed by atoms with Crippen LogP contribution in [0.15, 0.2) is 36.9 Å². The lowest BCUT2D eigenvalue weighted by Gasteiger charge is -2.19. The molecule has 1 aromatic carbocycles. The van der Waals surface area contributed by atoms with Crippen molar-refractivity contribution in [3.05, 3.63) is 48.1 Å². The van der Waals surface area contributed by atoms with E-state index in [-0.39, 0.29) is 5.57 Å². The number of aliphatic hydroxyl groups is 1. The van der Waals surface area contributed by atoms with Crippen LogP contribution in [0.4, 0.5) is 0 Å². The fourth-order valence-corrected chi connectivity index (χ4v) is 1.87. The van der Waals surface area contributed by atoms with Gasteiger partial charge in [-0.15, -0.1) is 6.58 Å². The molecule has 1 unspecified atom stereocenters. The standard InChI is InChI=1S/C15H17NO3/c1-5-6-12-11(14(17)10(2)9-16)7-8-13(18-3)15(12)19-4/h5,7-8,14,17H,1-2,6H2,3-4H3. The third kappa shape index (κ3) is 2.95. The molecule has 0 saturated heterocycles. The number of rotatable bonds is 6. The molecule has 1 rings (SSSR count). The van der Waals surface area contributed by atoms with Gasteiger partial charge in [0.1, 0.15) is 6.10 Å². The van der Waals surface area contributed by atoms with Gasteiger partial charge in [0, 0.05) is 5.56 Å². The van der Waals surface area contributed by atoms with Crippen LogP contribution in [0.1, 0.15) is 17.2 Å². The maximum atomic E-state index is 10.1. The zero-order valence-electron chi connectivity index (χ0n) is 11.1. The van der Waals surface area contributed by atoms with E-state index in [1.165, 1.54) is 7.11 Å². The molecule has 0 aromatic heterocycles. The summed E-state index contributed by atoms with van der Waals surface area (Å²) in [5.74, 6) is 1.10. The van der Waals surface area contributed by atoms with Gasteiger partial charge in [0.05, 0.1) is 25.9 Å². The molecular formula is C15H17NO3. The molecule has 0 fully saturated rings. The Labute approximate surface area is 113 Å². The van der Waals surface area contributed by atoms with E-state index in [1.54, 1.807) is 25.3 Å². The van der Waals surface area contributed by atoms with E-state index in [0.29, 0.717) is 23.5 Å². The van der Waals surface area contributed by atoms with Crippen molar-refractivity contribution in [1.82, 2.24) is 0 Å². The van der Waals surface area contributed by atoms with Gasteiger partial charge in [-0.3, -0.25) is 0 Å². The Morgan fingerprint density at radius 3 is 2.63 bits per heavy atom. The Kier molecular flexibility index (Phi) is 5.16. The topological polar surface area (TPSA) is 62.5 Å². The van der Waals surface area contributed by atoms with Gasteiger partial charge < -0.3 is 14.6 Å². The number of aliphatic hydroxyl groups excluding tert-OH is 1. The van der Waals surface area contributed by atoms with Crippen LogP contribution in [-0.2, 0) is 6.42 Å². The highest BCUT2D eigenvalue weighted by Gasteiger charge is 2.20. The summed E-state index contributed by atoms with van der Waals surface area (Å²) in [5, 5.41) is 19.0.